The van der Waals surface area contributed by atoms with Crippen LogP contribution in [0.1, 0.15) is 38.5 Å². The van der Waals surface area contributed by atoms with E-state index in [1.54, 1.807) is 12.3 Å². The fourth-order valence-electron chi connectivity index (χ4n) is 1.93. The van der Waals surface area contributed by atoms with Crippen molar-refractivity contribution in [3.05, 3.63) is 22.6 Å². The molecule has 18 heavy (non-hydrogen) atoms. The SMILES string of the molecule is N#CCCCCn1ncc(NC2CCC2)cc1=O. The highest BCUT2D eigenvalue weighted by Crippen LogP contribution is 2.21. The first-order valence-corrected chi connectivity index (χ1v) is 6.50. The lowest BCUT2D eigenvalue weighted by Crippen LogP contribution is -2.29. The molecule has 5 heteroatoms. The van der Waals surface area contributed by atoms with Crippen molar-refractivity contribution in [2.75, 3.05) is 5.32 Å². The van der Waals surface area contributed by atoms with Gasteiger partial charge in [0.25, 0.3) is 5.56 Å². The Hall–Kier alpha value is -1.83. The molecular formula is C13H18N4O. The van der Waals surface area contributed by atoms with E-state index in [1.165, 1.54) is 23.9 Å². The lowest BCUT2D eigenvalue weighted by Gasteiger charge is -2.27. The Morgan fingerprint density at radius 2 is 2.33 bits per heavy atom. The molecule has 1 aliphatic carbocycles. The Morgan fingerprint density at radius 1 is 1.50 bits per heavy atom. The molecule has 0 atom stereocenters. The number of unbranched alkanes of at least 4 members (excludes halogenated alkanes) is 2. The first kappa shape index (κ1) is 12.6. The molecule has 1 aliphatic rings. The van der Waals surface area contributed by atoms with Crippen LogP contribution in [-0.2, 0) is 6.54 Å². The van der Waals surface area contributed by atoms with Crippen molar-refractivity contribution in [1.29, 1.82) is 5.26 Å². The lowest BCUT2D eigenvalue weighted by atomic mass is 9.93. The molecule has 5 nitrogen and oxygen atoms in total. The number of rotatable bonds is 6. The van der Waals surface area contributed by atoms with Gasteiger partial charge in [-0.25, -0.2) is 4.68 Å². The summed E-state index contributed by atoms with van der Waals surface area (Å²) in [5, 5.41) is 15.9. The maximum absolute atomic E-state index is 11.8. The molecule has 2 rings (SSSR count). The van der Waals surface area contributed by atoms with Gasteiger partial charge in [-0.1, -0.05) is 0 Å². The maximum atomic E-state index is 11.8. The Labute approximate surface area is 106 Å². The van der Waals surface area contributed by atoms with Crippen LogP contribution in [-0.4, -0.2) is 15.8 Å². The molecule has 0 bridgehead atoms. The molecule has 1 saturated carbocycles. The molecule has 1 aromatic heterocycles. The Morgan fingerprint density at radius 3 is 2.94 bits per heavy atom. The molecular weight excluding hydrogens is 228 g/mol. The van der Waals surface area contributed by atoms with Crippen LogP contribution in [0.4, 0.5) is 5.69 Å². The predicted molar refractivity (Wildman–Crippen MR) is 69.2 cm³/mol. The van der Waals surface area contributed by atoms with E-state index in [0.29, 0.717) is 19.0 Å². The summed E-state index contributed by atoms with van der Waals surface area (Å²) in [5.74, 6) is 0. The first-order chi connectivity index (χ1) is 8.79. The van der Waals surface area contributed by atoms with Gasteiger partial charge in [0.05, 0.1) is 18.0 Å². The fourth-order valence-corrected chi connectivity index (χ4v) is 1.93. The summed E-state index contributed by atoms with van der Waals surface area (Å²) in [6, 6.07) is 4.21. The molecule has 0 aromatic carbocycles. The van der Waals surface area contributed by atoms with Gasteiger partial charge in [-0.15, -0.1) is 0 Å². The third-order valence-corrected chi connectivity index (χ3v) is 3.25. The highest BCUT2D eigenvalue weighted by Gasteiger charge is 2.17. The van der Waals surface area contributed by atoms with Crippen LogP contribution in [0, 0.1) is 11.3 Å². The van der Waals surface area contributed by atoms with Crippen molar-refractivity contribution >= 4 is 5.69 Å². The Balaban J connectivity index is 1.88. The quantitative estimate of drug-likeness (QED) is 0.778. The van der Waals surface area contributed by atoms with Crippen LogP contribution in [0.15, 0.2) is 17.1 Å². The molecule has 1 aromatic rings. The second-order valence-corrected chi connectivity index (χ2v) is 4.69. The number of aromatic nitrogens is 2. The largest absolute Gasteiger partial charge is 0.381 e. The number of hydrogen-bond acceptors (Lipinski definition) is 4. The zero-order valence-corrected chi connectivity index (χ0v) is 10.4. The van der Waals surface area contributed by atoms with E-state index < -0.39 is 0 Å². The van der Waals surface area contributed by atoms with Crippen LogP contribution >= 0.6 is 0 Å². The summed E-state index contributed by atoms with van der Waals surface area (Å²) in [6.07, 6.45) is 7.50. The molecule has 96 valence electrons. The molecule has 0 amide bonds. The van der Waals surface area contributed by atoms with Crippen molar-refractivity contribution in [2.24, 2.45) is 0 Å². The molecule has 0 radical (unpaired) electrons. The Kier molecular flexibility index (Phi) is 4.35. The van der Waals surface area contributed by atoms with E-state index in [4.69, 9.17) is 5.26 Å². The zero-order chi connectivity index (χ0) is 12.8. The van der Waals surface area contributed by atoms with Crippen molar-refractivity contribution in [3.63, 3.8) is 0 Å². The molecule has 1 N–H and O–H groups in total. The normalized spacial score (nSPS) is 14.8. The summed E-state index contributed by atoms with van der Waals surface area (Å²) < 4.78 is 1.46. The second kappa shape index (κ2) is 6.20. The molecule has 0 aliphatic heterocycles. The van der Waals surface area contributed by atoms with Gasteiger partial charge in [0.15, 0.2) is 0 Å². The first-order valence-electron chi connectivity index (χ1n) is 6.50. The van der Waals surface area contributed by atoms with Gasteiger partial charge in [0.2, 0.25) is 0 Å². The number of anilines is 1. The minimum Gasteiger partial charge on any atom is -0.381 e. The Bertz CT molecular complexity index is 484. The van der Waals surface area contributed by atoms with Gasteiger partial charge in [-0.2, -0.15) is 10.4 Å². The van der Waals surface area contributed by atoms with Crippen LogP contribution < -0.4 is 10.9 Å². The minimum atomic E-state index is -0.0729. The van der Waals surface area contributed by atoms with E-state index in [0.717, 1.165) is 18.5 Å². The van der Waals surface area contributed by atoms with Gasteiger partial charge in [-0.3, -0.25) is 4.79 Å². The number of nitriles is 1. The average molecular weight is 246 g/mol. The maximum Gasteiger partial charge on any atom is 0.268 e. The van der Waals surface area contributed by atoms with Crippen molar-refractivity contribution in [3.8, 4) is 6.07 Å². The van der Waals surface area contributed by atoms with Crippen LogP contribution in [0.2, 0.25) is 0 Å². The van der Waals surface area contributed by atoms with E-state index in [2.05, 4.69) is 16.5 Å². The minimum absolute atomic E-state index is 0.0729. The van der Waals surface area contributed by atoms with Gasteiger partial charge in [0.1, 0.15) is 0 Å². The molecule has 1 heterocycles. The monoisotopic (exact) mass is 246 g/mol. The van der Waals surface area contributed by atoms with E-state index in [9.17, 15) is 4.79 Å². The summed E-state index contributed by atoms with van der Waals surface area (Å²) in [6.45, 7) is 0.588. The van der Waals surface area contributed by atoms with Crippen molar-refractivity contribution in [1.82, 2.24) is 9.78 Å². The summed E-state index contributed by atoms with van der Waals surface area (Å²) in [5.41, 5.74) is 0.745. The third-order valence-electron chi connectivity index (χ3n) is 3.25. The summed E-state index contributed by atoms with van der Waals surface area (Å²) >= 11 is 0. The van der Waals surface area contributed by atoms with Gasteiger partial charge >= 0.3 is 0 Å². The van der Waals surface area contributed by atoms with Crippen LogP contribution in [0.3, 0.4) is 0 Å². The topological polar surface area (TPSA) is 70.7 Å². The number of aryl methyl sites for hydroxylation is 1. The van der Waals surface area contributed by atoms with E-state index in [1.807, 2.05) is 0 Å². The molecule has 1 fully saturated rings. The van der Waals surface area contributed by atoms with Gasteiger partial charge in [-0.05, 0) is 32.1 Å². The van der Waals surface area contributed by atoms with E-state index in [-0.39, 0.29) is 5.56 Å². The predicted octanol–water partition coefficient (Wildman–Crippen LogP) is 1.90. The number of hydrogen-bond donors (Lipinski definition) is 1. The van der Waals surface area contributed by atoms with Crippen molar-refractivity contribution in [2.45, 2.75) is 51.1 Å². The highest BCUT2D eigenvalue weighted by atomic mass is 16.1. The summed E-state index contributed by atoms with van der Waals surface area (Å²) in [7, 11) is 0. The second-order valence-electron chi connectivity index (χ2n) is 4.69. The van der Waals surface area contributed by atoms with E-state index >= 15 is 0 Å². The van der Waals surface area contributed by atoms with Crippen LogP contribution in [0.25, 0.3) is 0 Å². The van der Waals surface area contributed by atoms with Gasteiger partial charge < -0.3 is 5.32 Å². The third kappa shape index (κ3) is 3.33. The lowest BCUT2D eigenvalue weighted by molar-refractivity contribution is 0.444. The molecule has 0 spiro atoms. The average Bonchev–Trinajstić information content (AvgIpc) is 2.31. The fraction of sp³-hybridized carbons (Fsp3) is 0.615. The molecule has 0 unspecified atom stereocenters. The number of nitrogens with zero attached hydrogens (tertiary/aromatic N) is 3. The number of nitrogens with one attached hydrogen (secondary N) is 1. The highest BCUT2D eigenvalue weighted by molar-refractivity contribution is 5.40. The van der Waals surface area contributed by atoms with Gasteiger partial charge in [0, 0.05) is 25.1 Å². The van der Waals surface area contributed by atoms with Crippen molar-refractivity contribution < 1.29 is 0 Å². The zero-order valence-electron chi connectivity index (χ0n) is 10.4. The summed E-state index contributed by atoms with van der Waals surface area (Å²) in [4.78, 5) is 11.8. The molecule has 0 saturated heterocycles. The van der Waals surface area contributed by atoms with Crippen LogP contribution in [0.5, 0.6) is 0 Å². The smallest absolute Gasteiger partial charge is 0.268 e. The standard InChI is InChI=1S/C13H18N4O/c14-7-2-1-3-8-17-13(18)9-12(10-15-17)16-11-5-4-6-11/h9-11,16H,1-6,8H2.